The molecule has 1 aromatic carbocycles. The van der Waals surface area contributed by atoms with Gasteiger partial charge in [-0.05, 0) is 18.2 Å². The number of hydrogen-bond donors (Lipinski definition) is 0. The number of carbonyl (C=O) groups is 2. The summed E-state index contributed by atoms with van der Waals surface area (Å²) in [6, 6.07) is 4.19. The normalized spacial score (nSPS) is 11.0. The molecule has 0 bridgehead atoms. The summed E-state index contributed by atoms with van der Waals surface area (Å²) in [5.74, 6) is -1.61. The molecule has 0 amide bonds. The molecule has 0 unspecified atom stereocenters. The van der Waals surface area contributed by atoms with Crippen LogP contribution < -0.4 is 0 Å². The highest BCUT2D eigenvalue weighted by Crippen LogP contribution is 2.25. The predicted octanol–water partition coefficient (Wildman–Crippen LogP) is 1.73. The van der Waals surface area contributed by atoms with Crippen LogP contribution in [-0.2, 0) is 25.9 Å². The van der Waals surface area contributed by atoms with Gasteiger partial charge in [0, 0.05) is 12.3 Å². The van der Waals surface area contributed by atoms with E-state index in [-0.39, 0.29) is 16.9 Å². The summed E-state index contributed by atoms with van der Waals surface area (Å²) in [6.07, 6.45) is 2.03. The number of nitro groups is 1. The monoisotopic (exact) mass is 383 g/mol. The van der Waals surface area contributed by atoms with Crippen LogP contribution in [0.25, 0.3) is 0 Å². The molecule has 0 radical (unpaired) electrons. The molecule has 0 N–H and O–H groups in total. The molecule has 11 heteroatoms. The van der Waals surface area contributed by atoms with Gasteiger partial charge in [-0.15, -0.1) is 0 Å². The third-order valence-corrected chi connectivity index (χ3v) is 4.42. The summed E-state index contributed by atoms with van der Waals surface area (Å²) in [6.45, 7) is -0.419. The van der Waals surface area contributed by atoms with Crippen molar-refractivity contribution >= 4 is 27.5 Å². The number of nitro benzene ring substituents is 1. The summed E-state index contributed by atoms with van der Waals surface area (Å²) in [7, 11) is -2.67. The number of ether oxygens (including phenoxy) is 2. The quantitative estimate of drug-likeness (QED) is 0.414. The first-order valence-corrected chi connectivity index (χ1v) is 8.84. The van der Waals surface area contributed by atoms with E-state index < -0.39 is 43.9 Å². The lowest BCUT2D eigenvalue weighted by atomic mass is 10.2. The molecule has 138 valence electrons. The summed E-state index contributed by atoms with van der Waals surface area (Å²) >= 11 is 0. The van der Waals surface area contributed by atoms with Gasteiger partial charge in [-0.3, -0.25) is 10.1 Å². The molecule has 0 atom stereocenters. The van der Waals surface area contributed by atoms with Gasteiger partial charge >= 0.3 is 11.9 Å². The first-order chi connectivity index (χ1) is 12.1. The average molecular weight is 383 g/mol. The second-order valence-electron chi connectivity index (χ2n) is 5.04. The molecule has 0 saturated heterocycles. The Morgan fingerprint density at radius 3 is 2.50 bits per heavy atom. The predicted molar refractivity (Wildman–Crippen MR) is 85.4 cm³/mol. The molecule has 26 heavy (non-hydrogen) atoms. The van der Waals surface area contributed by atoms with Crippen molar-refractivity contribution < 1.29 is 36.8 Å². The maximum Gasteiger partial charge on any atom is 0.341 e. The van der Waals surface area contributed by atoms with Crippen molar-refractivity contribution in [1.29, 1.82) is 0 Å². The molecule has 10 nitrogen and oxygen atoms in total. The molecular weight excluding hydrogens is 370 g/mol. The molecule has 0 aliphatic heterocycles. The minimum absolute atomic E-state index is 0.0347. The first kappa shape index (κ1) is 19.1. The highest BCUT2D eigenvalue weighted by atomic mass is 32.2. The van der Waals surface area contributed by atoms with Gasteiger partial charge in [0.15, 0.2) is 22.2 Å². The van der Waals surface area contributed by atoms with Crippen LogP contribution in [0, 0.1) is 10.1 Å². The maximum atomic E-state index is 12.1. The van der Waals surface area contributed by atoms with Crippen molar-refractivity contribution in [3.63, 3.8) is 0 Å². The van der Waals surface area contributed by atoms with E-state index in [4.69, 9.17) is 9.15 Å². The van der Waals surface area contributed by atoms with Gasteiger partial charge < -0.3 is 13.9 Å². The van der Waals surface area contributed by atoms with Crippen LogP contribution in [0.3, 0.4) is 0 Å². The van der Waals surface area contributed by atoms with Crippen molar-refractivity contribution in [3.8, 4) is 0 Å². The Kier molecular flexibility index (Phi) is 5.41. The molecule has 2 aromatic rings. The zero-order valence-corrected chi connectivity index (χ0v) is 14.4. The molecule has 2 rings (SSSR count). The lowest BCUT2D eigenvalue weighted by Crippen LogP contribution is -2.10. The number of benzene rings is 1. The van der Waals surface area contributed by atoms with Crippen LogP contribution in [0.2, 0.25) is 0 Å². The molecule has 0 fully saturated rings. The zero-order chi connectivity index (χ0) is 19.5. The largest absolute Gasteiger partial charge is 0.465 e. The number of furan rings is 1. The van der Waals surface area contributed by atoms with Gasteiger partial charge in [0.25, 0.3) is 5.69 Å². The summed E-state index contributed by atoms with van der Waals surface area (Å²) < 4.78 is 37.7. The van der Waals surface area contributed by atoms with E-state index in [1.807, 2.05) is 0 Å². The minimum Gasteiger partial charge on any atom is -0.465 e. The fraction of sp³-hybridized carbons (Fsp3) is 0.200. The van der Waals surface area contributed by atoms with E-state index in [1.165, 1.54) is 19.4 Å². The minimum atomic E-state index is -3.85. The molecule has 1 heterocycles. The van der Waals surface area contributed by atoms with Gasteiger partial charge in [-0.1, -0.05) is 0 Å². The second kappa shape index (κ2) is 7.35. The van der Waals surface area contributed by atoms with E-state index in [9.17, 15) is 28.1 Å². The molecule has 0 spiro atoms. The summed E-state index contributed by atoms with van der Waals surface area (Å²) in [5, 5.41) is 11.1. The van der Waals surface area contributed by atoms with Gasteiger partial charge in [0.1, 0.15) is 10.5 Å². The standard InChI is InChI=1S/C15H13NO9S/c1-23-15(18)10-5-6-24-12(10)8-25-14(17)9-3-4-13(26(2,21)22)11(7-9)16(19)20/h3-7H,8H2,1-2H3. The highest BCUT2D eigenvalue weighted by Gasteiger charge is 2.25. The Labute approximate surface area is 147 Å². The average Bonchev–Trinajstić information content (AvgIpc) is 3.06. The number of methoxy groups -OCH3 is 1. The molecule has 0 aliphatic rings. The molecular formula is C15H13NO9S. The van der Waals surface area contributed by atoms with E-state index in [0.29, 0.717) is 0 Å². The molecule has 0 aliphatic carbocycles. The smallest absolute Gasteiger partial charge is 0.341 e. The van der Waals surface area contributed by atoms with Crippen molar-refractivity contribution in [2.45, 2.75) is 11.5 Å². The Balaban J connectivity index is 2.23. The SMILES string of the molecule is COC(=O)c1ccoc1COC(=O)c1ccc(S(C)(=O)=O)c([N+](=O)[O-])c1. The number of carbonyl (C=O) groups excluding carboxylic acids is 2. The summed E-state index contributed by atoms with van der Waals surface area (Å²) in [5.41, 5.74) is -0.899. The van der Waals surface area contributed by atoms with Crippen LogP contribution in [-0.4, -0.2) is 38.6 Å². The van der Waals surface area contributed by atoms with Crippen LogP contribution >= 0.6 is 0 Å². The number of hydrogen-bond acceptors (Lipinski definition) is 9. The molecule has 1 aromatic heterocycles. The van der Waals surface area contributed by atoms with Crippen LogP contribution in [0.15, 0.2) is 39.8 Å². The number of nitrogens with zero attached hydrogens (tertiary/aromatic N) is 1. The number of esters is 2. The third-order valence-electron chi connectivity index (χ3n) is 3.28. The Bertz CT molecular complexity index is 975. The third kappa shape index (κ3) is 4.06. The second-order valence-corrected chi connectivity index (χ2v) is 7.02. The van der Waals surface area contributed by atoms with Crippen molar-refractivity contribution in [1.82, 2.24) is 0 Å². The molecule has 0 saturated carbocycles. The Morgan fingerprint density at radius 2 is 1.92 bits per heavy atom. The number of sulfone groups is 1. The van der Waals surface area contributed by atoms with E-state index in [0.717, 1.165) is 24.5 Å². The maximum absolute atomic E-state index is 12.1. The fourth-order valence-corrected chi connectivity index (χ4v) is 2.89. The van der Waals surface area contributed by atoms with Crippen LogP contribution in [0.4, 0.5) is 5.69 Å². The van der Waals surface area contributed by atoms with Crippen molar-refractivity contribution in [2.75, 3.05) is 13.4 Å². The highest BCUT2D eigenvalue weighted by molar-refractivity contribution is 7.90. The fourth-order valence-electron chi connectivity index (χ4n) is 2.06. The van der Waals surface area contributed by atoms with E-state index in [1.54, 1.807) is 0 Å². The van der Waals surface area contributed by atoms with Crippen LogP contribution in [0.5, 0.6) is 0 Å². The lowest BCUT2D eigenvalue weighted by molar-refractivity contribution is -0.387. The van der Waals surface area contributed by atoms with Gasteiger partial charge in [-0.25, -0.2) is 18.0 Å². The first-order valence-electron chi connectivity index (χ1n) is 6.95. The summed E-state index contributed by atoms with van der Waals surface area (Å²) in [4.78, 5) is 33.2. The van der Waals surface area contributed by atoms with E-state index >= 15 is 0 Å². The topological polar surface area (TPSA) is 143 Å². The zero-order valence-electron chi connectivity index (χ0n) is 13.6. The van der Waals surface area contributed by atoms with Crippen LogP contribution in [0.1, 0.15) is 26.5 Å². The van der Waals surface area contributed by atoms with Gasteiger partial charge in [0.05, 0.1) is 23.9 Å². The van der Waals surface area contributed by atoms with Crippen molar-refractivity contribution in [3.05, 3.63) is 57.5 Å². The van der Waals surface area contributed by atoms with Crippen molar-refractivity contribution in [2.24, 2.45) is 0 Å². The lowest BCUT2D eigenvalue weighted by Gasteiger charge is -2.06. The number of rotatable bonds is 6. The van der Waals surface area contributed by atoms with Gasteiger partial charge in [0.2, 0.25) is 0 Å². The Morgan fingerprint density at radius 1 is 1.23 bits per heavy atom. The van der Waals surface area contributed by atoms with Gasteiger partial charge in [-0.2, -0.15) is 0 Å². The van der Waals surface area contributed by atoms with E-state index in [2.05, 4.69) is 4.74 Å². The Hall–Kier alpha value is -3.21.